The maximum absolute atomic E-state index is 13.0. The van der Waals surface area contributed by atoms with E-state index >= 15 is 0 Å². The largest absolute Gasteiger partial charge is 0.497 e. The van der Waals surface area contributed by atoms with Crippen molar-refractivity contribution >= 4 is 17.7 Å². The highest BCUT2D eigenvalue weighted by Gasteiger charge is 2.14. The maximum Gasteiger partial charge on any atom is 0.343 e. The monoisotopic (exact) mass is 648 g/mol. The molecule has 0 aliphatic heterocycles. The molecule has 5 rings (SSSR count). The zero-order chi connectivity index (χ0) is 33.2. The lowest BCUT2D eigenvalue weighted by molar-refractivity contribution is 0.0725. The van der Waals surface area contributed by atoms with Crippen LogP contribution in [-0.2, 0) is 12.8 Å². The summed E-state index contributed by atoms with van der Waals surface area (Å²) in [6, 6.07) is 33.5. The molecule has 0 heterocycles. The van der Waals surface area contributed by atoms with Gasteiger partial charge in [0.2, 0.25) is 0 Å². The molecule has 2 N–H and O–H groups in total. The van der Waals surface area contributed by atoms with E-state index in [2.05, 4.69) is 6.58 Å². The van der Waals surface area contributed by atoms with E-state index in [9.17, 15) is 9.59 Å². The van der Waals surface area contributed by atoms with E-state index in [-0.39, 0.29) is 5.48 Å². The number of ether oxygens (including phenoxy) is 6. The highest BCUT2D eigenvalue weighted by molar-refractivity contribution is 5.91. The molecule has 9 heteroatoms. The van der Waals surface area contributed by atoms with E-state index in [0.29, 0.717) is 58.5 Å². The van der Waals surface area contributed by atoms with Crippen LogP contribution in [0.15, 0.2) is 122 Å². The molecule has 0 spiro atoms. The topological polar surface area (TPSA) is 121 Å². The molecule has 5 aromatic rings. The van der Waals surface area contributed by atoms with Gasteiger partial charge in [-0.1, -0.05) is 18.7 Å². The number of hydrogen-bond donors (Lipinski definition) is 0. The Morgan fingerprint density at radius 3 is 1.29 bits per heavy atom. The Morgan fingerprint density at radius 2 is 0.833 bits per heavy atom. The lowest BCUT2D eigenvalue weighted by Gasteiger charge is -2.14. The van der Waals surface area contributed by atoms with E-state index in [1.165, 1.54) is 0 Å². The van der Waals surface area contributed by atoms with Gasteiger partial charge in [-0.05, 0) is 121 Å². The highest BCUT2D eigenvalue weighted by Crippen LogP contribution is 2.29. The second-order valence-electron chi connectivity index (χ2n) is 10.4. The van der Waals surface area contributed by atoms with Crippen molar-refractivity contribution in [2.75, 3.05) is 21.3 Å². The van der Waals surface area contributed by atoms with Crippen LogP contribution in [0.5, 0.6) is 34.5 Å². The lowest BCUT2D eigenvalue weighted by atomic mass is 10.0. The highest BCUT2D eigenvalue weighted by atomic mass is 16.5. The van der Waals surface area contributed by atoms with Crippen LogP contribution in [0, 0.1) is 0 Å². The molecule has 0 saturated carbocycles. The Balaban J connectivity index is 0.00000520. The molecule has 246 valence electrons. The molecule has 0 unspecified atom stereocenters. The van der Waals surface area contributed by atoms with E-state index < -0.39 is 11.9 Å². The van der Waals surface area contributed by atoms with Gasteiger partial charge in [-0.25, -0.2) is 9.59 Å². The van der Waals surface area contributed by atoms with Crippen LogP contribution in [0.4, 0.5) is 0 Å². The normalized spacial score (nSPS) is 10.2. The molecule has 0 radical (unpaired) electrons. The summed E-state index contributed by atoms with van der Waals surface area (Å²) in [7, 11) is 4.74. The van der Waals surface area contributed by atoms with E-state index in [0.717, 1.165) is 22.4 Å². The Kier molecular flexibility index (Phi) is 12.0. The SMILES string of the molecule is C=C(Oc1cc(CCc2ccc(OC(=O)c3ccc(OC)cc3)cc2)cc(OC(=O)c2ccc(OC)cc2)c1)c1ccc(OC)cc1.O. The van der Waals surface area contributed by atoms with E-state index in [1.807, 2.05) is 48.5 Å². The Morgan fingerprint density at radius 1 is 0.458 bits per heavy atom. The minimum Gasteiger partial charge on any atom is -0.497 e. The van der Waals surface area contributed by atoms with Crippen molar-refractivity contribution in [2.24, 2.45) is 0 Å². The van der Waals surface area contributed by atoms with Crippen LogP contribution in [0.1, 0.15) is 37.4 Å². The summed E-state index contributed by atoms with van der Waals surface area (Å²) < 4.78 is 33.0. The second kappa shape index (κ2) is 16.5. The molecule has 9 nitrogen and oxygen atoms in total. The van der Waals surface area contributed by atoms with Crippen molar-refractivity contribution in [3.8, 4) is 34.5 Å². The second-order valence-corrected chi connectivity index (χ2v) is 10.4. The third-order valence-electron chi connectivity index (χ3n) is 7.29. The number of esters is 2. The fourth-order valence-corrected chi connectivity index (χ4v) is 4.67. The quantitative estimate of drug-likeness (QED) is 0.0749. The van der Waals surface area contributed by atoms with Crippen molar-refractivity contribution < 1.29 is 43.5 Å². The van der Waals surface area contributed by atoms with Crippen molar-refractivity contribution in [1.82, 2.24) is 0 Å². The first-order valence-electron chi connectivity index (χ1n) is 14.8. The third-order valence-corrected chi connectivity index (χ3v) is 7.29. The van der Waals surface area contributed by atoms with E-state index in [4.69, 9.17) is 28.4 Å². The summed E-state index contributed by atoms with van der Waals surface area (Å²) >= 11 is 0. The minimum atomic E-state index is -0.510. The van der Waals surface area contributed by atoms with E-state index in [1.54, 1.807) is 88.1 Å². The molecule has 0 aliphatic carbocycles. The van der Waals surface area contributed by atoms with Crippen LogP contribution in [0.3, 0.4) is 0 Å². The molecule has 0 bridgehead atoms. The first kappa shape index (κ1) is 34.8. The first-order chi connectivity index (χ1) is 22.8. The van der Waals surface area contributed by atoms with Gasteiger partial charge >= 0.3 is 11.9 Å². The van der Waals surface area contributed by atoms with Crippen LogP contribution in [0.25, 0.3) is 5.76 Å². The summed E-state index contributed by atoms with van der Waals surface area (Å²) in [6.45, 7) is 4.09. The first-order valence-corrected chi connectivity index (χ1v) is 14.8. The molecule has 0 aromatic heterocycles. The molecule has 5 aromatic carbocycles. The van der Waals surface area contributed by atoms with Gasteiger partial charge in [-0.3, -0.25) is 0 Å². The predicted molar refractivity (Wildman–Crippen MR) is 182 cm³/mol. The van der Waals surface area contributed by atoms with Gasteiger partial charge in [0.25, 0.3) is 0 Å². The van der Waals surface area contributed by atoms with Crippen LogP contribution < -0.4 is 28.4 Å². The van der Waals surface area contributed by atoms with Crippen molar-refractivity contribution in [3.63, 3.8) is 0 Å². The van der Waals surface area contributed by atoms with Gasteiger partial charge < -0.3 is 33.9 Å². The van der Waals surface area contributed by atoms with Crippen molar-refractivity contribution in [1.29, 1.82) is 0 Å². The summed E-state index contributed by atoms with van der Waals surface area (Å²) in [5.74, 6) is 2.73. The van der Waals surface area contributed by atoms with Crippen LogP contribution >= 0.6 is 0 Å². The molecule has 48 heavy (non-hydrogen) atoms. The molecular formula is C39H36O9. The molecule has 0 aliphatic rings. The number of hydrogen-bond acceptors (Lipinski definition) is 8. The Hall–Kier alpha value is -6.06. The zero-order valence-electron chi connectivity index (χ0n) is 26.9. The predicted octanol–water partition coefficient (Wildman–Crippen LogP) is 7.16. The third kappa shape index (κ3) is 9.24. The summed E-state index contributed by atoms with van der Waals surface area (Å²) in [6.07, 6.45) is 1.28. The summed E-state index contributed by atoms with van der Waals surface area (Å²) in [4.78, 5) is 25.5. The van der Waals surface area contributed by atoms with Gasteiger partial charge in [-0.15, -0.1) is 0 Å². The summed E-state index contributed by atoms with van der Waals surface area (Å²) in [5, 5.41) is 0. The number of benzene rings is 5. The number of methoxy groups -OCH3 is 3. The average Bonchev–Trinajstić information content (AvgIpc) is 3.11. The molecule has 0 atom stereocenters. The van der Waals surface area contributed by atoms with Gasteiger partial charge in [0, 0.05) is 11.6 Å². The smallest absolute Gasteiger partial charge is 0.343 e. The molecule has 0 fully saturated rings. The maximum atomic E-state index is 13.0. The fraction of sp³-hybridized carbons (Fsp3) is 0.128. The van der Waals surface area contributed by atoms with Gasteiger partial charge in [0.05, 0.1) is 32.5 Å². The Bertz CT molecular complexity index is 1750. The lowest BCUT2D eigenvalue weighted by Crippen LogP contribution is -2.09. The summed E-state index contributed by atoms with van der Waals surface area (Å²) in [5.41, 5.74) is 3.50. The fourth-order valence-electron chi connectivity index (χ4n) is 4.67. The average molecular weight is 649 g/mol. The molecule has 0 amide bonds. The molecular weight excluding hydrogens is 612 g/mol. The molecule has 0 saturated heterocycles. The number of rotatable bonds is 13. The van der Waals surface area contributed by atoms with Gasteiger partial charge in [-0.2, -0.15) is 0 Å². The van der Waals surface area contributed by atoms with Crippen LogP contribution in [0.2, 0.25) is 0 Å². The van der Waals surface area contributed by atoms with Crippen LogP contribution in [-0.4, -0.2) is 38.7 Å². The van der Waals surface area contributed by atoms with Crippen molar-refractivity contribution in [3.05, 3.63) is 150 Å². The number of carbonyl (C=O) groups excluding carboxylic acids is 2. The Labute approximate surface area is 279 Å². The number of aryl methyl sites for hydroxylation is 2. The van der Waals surface area contributed by atoms with Crippen molar-refractivity contribution in [2.45, 2.75) is 12.8 Å². The van der Waals surface area contributed by atoms with Gasteiger partial charge in [0.15, 0.2) is 0 Å². The standard InChI is InChI=1S/C39H34O8.H2O/c1-26(29-9-17-32(42-2)18-10-29)45-36-23-28(24-37(25-36)47-39(41)31-13-21-34(44-4)22-14-31)6-5-27-7-15-35(16-8-27)46-38(40)30-11-19-33(43-3)20-12-30;/h7-25H,1,5-6H2,2-4H3;1H2. The minimum absolute atomic E-state index is 0. The number of carbonyl (C=O) groups is 2. The van der Waals surface area contributed by atoms with Gasteiger partial charge in [0.1, 0.15) is 40.3 Å². The zero-order valence-corrected chi connectivity index (χ0v) is 26.9.